The maximum atomic E-state index is 13.2. The van der Waals surface area contributed by atoms with Gasteiger partial charge < -0.3 is 9.64 Å². The third-order valence-corrected chi connectivity index (χ3v) is 8.95. The van der Waals surface area contributed by atoms with Crippen molar-refractivity contribution in [3.05, 3.63) is 41.7 Å². The topological polar surface area (TPSA) is 84.7 Å². The predicted molar refractivity (Wildman–Crippen MR) is 126 cm³/mol. The van der Waals surface area contributed by atoms with Gasteiger partial charge in [-0.3, -0.25) is 9.48 Å². The van der Waals surface area contributed by atoms with Crippen LogP contribution in [-0.4, -0.2) is 66.6 Å². The van der Waals surface area contributed by atoms with Crippen molar-refractivity contribution in [2.75, 3.05) is 33.3 Å². The van der Waals surface area contributed by atoms with Crippen LogP contribution in [0.15, 0.2) is 35.2 Å². The Morgan fingerprint density at radius 1 is 1.09 bits per heavy atom. The zero-order valence-electron chi connectivity index (χ0n) is 20.2. The molecule has 3 heterocycles. The summed E-state index contributed by atoms with van der Waals surface area (Å²) >= 11 is 0. The molecule has 1 spiro atoms. The Bertz CT molecular complexity index is 1140. The van der Waals surface area contributed by atoms with Crippen molar-refractivity contribution in [2.45, 2.75) is 50.3 Å². The number of hydrogen-bond donors (Lipinski definition) is 0. The first-order valence-corrected chi connectivity index (χ1v) is 12.9. The number of aryl methyl sites for hydroxylation is 1. The molecule has 33 heavy (non-hydrogen) atoms. The van der Waals surface area contributed by atoms with E-state index in [-0.39, 0.29) is 21.6 Å². The number of aromatic nitrogens is 2. The number of ether oxygens (including phenoxy) is 1. The summed E-state index contributed by atoms with van der Waals surface area (Å²) in [7, 11) is -0.227. The first kappa shape index (κ1) is 23.8. The minimum Gasteiger partial charge on any atom is -0.497 e. The summed E-state index contributed by atoms with van der Waals surface area (Å²) < 4.78 is 34.7. The van der Waals surface area contributed by atoms with Crippen molar-refractivity contribution in [1.29, 1.82) is 0 Å². The normalized spacial score (nSPS) is 19.2. The van der Waals surface area contributed by atoms with E-state index in [1.807, 2.05) is 18.0 Å². The Hall–Kier alpha value is -2.39. The van der Waals surface area contributed by atoms with Crippen LogP contribution in [0.25, 0.3) is 0 Å². The third kappa shape index (κ3) is 4.53. The Balaban J connectivity index is 1.43. The molecule has 2 aromatic rings. The van der Waals surface area contributed by atoms with E-state index in [0.29, 0.717) is 37.6 Å². The van der Waals surface area contributed by atoms with E-state index in [2.05, 4.69) is 25.9 Å². The highest BCUT2D eigenvalue weighted by molar-refractivity contribution is 7.89. The Morgan fingerprint density at radius 2 is 1.76 bits per heavy atom. The second-order valence-corrected chi connectivity index (χ2v) is 12.3. The number of likely N-dealkylation sites (tertiary alicyclic amines) is 1. The second kappa shape index (κ2) is 8.43. The largest absolute Gasteiger partial charge is 0.497 e. The lowest BCUT2D eigenvalue weighted by molar-refractivity contribution is 0.0740. The van der Waals surface area contributed by atoms with Gasteiger partial charge in [-0.1, -0.05) is 26.8 Å². The average Bonchev–Trinajstić information content (AvgIpc) is 3.37. The number of hydrogen-bond acceptors (Lipinski definition) is 5. The summed E-state index contributed by atoms with van der Waals surface area (Å²) in [5.41, 5.74) is 1.36. The summed E-state index contributed by atoms with van der Waals surface area (Å²) in [6, 6.07) is 8.51. The van der Waals surface area contributed by atoms with Crippen molar-refractivity contribution < 1.29 is 17.9 Å². The van der Waals surface area contributed by atoms with E-state index in [1.165, 1.54) is 7.11 Å². The van der Waals surface area contributed by atoms with Crippen LogP contribution >= 0.6 is 0 Å². The van der Waals surface area contributed by atoms with E-state index in [9.17, 15) is 13.2 Å². The van der Waals surface area contributed by atoms with Gasteiger partial charge in [-0.25, -0.2) is 8.42 Å². The molecule has 0 saturated carbocycles. The van der Waals surface area contributed by atoms with Gasteiger partial charge in [0.15, 0.2) is 0 Å². The fraction of sp³-hybridized carbons (Fsp3) is 0.583. The molecule has 0 bridgehead atoms. The number of benzene rings is 1. The predicted octanol–water partition coefficient (Wildman–Crippen LogP) is 3.04. The Labute approximate surface area is 196 Å². The standard InChI is InChI=1S/C24H34N4O4S/c1-23(2,3)21-16-20(26(4)25-21)22(29)27-12-9-24(17-27)10-13-28(14-11-24)33(30,31)19-8-6-7-18(15-19)32-5/h6-8,15-16H,9-14,17H2,1-5H3. The van der Waals surface area contributed by atoms with E-state index in [0.717, 1.165) is 25.0 Å². The zero-order valence-corrected chi connectivity index (χ0v) is 21.0. The van der Waals surface area contributed by atoms with Crippen molar-refractivity contribution in [2.24, 2.45) is 12.5 Å². The van der Waals surface area contributed by atoms with E-state index >= 15 is 0 Å². The maximum Gasteiger partial charge on any atom is 0.272 e. The number of methoxy groups -OCH3 is 1. The van der Waals surface area contributed by atoms with E-state index in [1.54, 1.807) is 33.3 Å². The molecule has 0 unspecified atom stereocenters. The lowest BCUT2D eigenvalue weighted by atomic mass is 9.78. The molecule has 9 heteroatoms. The lowest BCUT2D eigenvalue weighted by Gasteiger charge is -2.38. The molecule has 0 atom stereocenters. The Morgan fingerprint density at radius 3 is 2.36 bits per heavy atom. The minimum atomic E-state index is -3.57. The minimum absolute atomic E-state index is 0.00352. The molecule has 180 valence electrons. The highest BCUT2D eigenvalue weighted by Crippen LogP contribution is 2.42. The number of piperidine rings is 1. The molecule has 1 amide bonds. The van der Waals surface area contributed by atoms with Crippen LogP contribution < -0.4 is 4.74 Å². The lowest BCUT2D eigenvalue weighted by Crippen LogP contribution is -2.44. The van der Waals surface area contributed by atoms with Crippen LogP contribution in [0.5, 0.6) is 5.75 Å². The van der Waals surface area contributed by atoms with Gasteiger partial charge in [0, 0.05) is 44.7 Å². The highest BCUT2D eigenvalue weighted by atomic mass is 32.2. The van der Waals surface area contributed by atoms with Crippen LogP contribution in [0.3, 0.4) is 0 Å². The summed E-state index contributed by atoms with van der Waals surface area (Å²) in [5.74, 6) is 0.531. The molecule has 0 aliphatic carbocycles. The Kier molecular flexibility index (Phi) is 6.07. The highest BCUT2D eigenvalue weighted by Gasteiger charge is 2.44. The summed E-state index contributed by atoms with van der Waals surface area (Å²) in [5, 5.41) is 4.54. The molecular formula is C24H34N4O4S. The number of carbonyl (C=O) groups is 1. The van der Waals surface area contributed by atoms with E-state index < -0.39 is 10.0 Å². The van der Waals surface area contributed by atoms with Crippen molar-refractivity contribution in [3.63, 3.8) is 0 Å². The fourth-order valence-electron chi connectivity index (χ4n) is 4.82. The van der Waals surface area contributed by atoms with Gasteiger partial charge >= 0.3 is 0 Å². The molecular weight excluding hydrogens is 440 g/mol. The van der Waals surface area contributed by atoms with Gasteiger partial charge in [0.2, 0.25) is 10.0 Å². The fourth-order valence-corrected chi connectivity index (χ4v) is 6.30. The molecule has 2 aliphatic heterocycles. The van der Waals surface area contributed by atoms with Crippen LogP contribution in [0, 0.1) is 5.41 Å². The van der Waals surface area contributed by atoms with Crippen LogP contribution in [0.1, 0.15) is 56.2 Å². The van der Waals surface area contributed by atoms with Gasteiger partial charge in [0.25, 0.3) is 5.91 Å². The molecule has 1 aromatic heterocycles. The third-order valence-electron chi connectivity index (χ3n) is 7.05. The van der Waals surface area contributed by atoms with Gasteiger partial charge in [-0.05, 0) is 42.9 Å². The van der Waals surface area contributed by atoms with Crippen molar-refractivity contribution >= 4 is 15.9 Å². The molecule has 2 saturated heterocycles. The zero-order chi connectivity index (χ0) is 24.0. The smallest absolute Gasteiger partial charge is 0.272 e. The van der Waals surface area contributed by atoms with Gasteiger partial charge in [0.1, 0.15) is 11.4 Å². The molecule has 4 rings (SSSR count). The van der Waals surface area contributed by atoms with Crippen molar-refractivity contribution in [1.82, 2.24) is 19.0 Å². The quantitative estimate of drug-likeness (QED) is 0.680. The molecule has 2 fully saturated rings. The van der Waals surface area contributed by atoms with Crippen LogP contribution in [0.2, 0.25) is 0 Å². The molecule has 0 N–H and O–H groups in total. The van der Waals surface area contributed by atoms with Gasteiger partial charge in [-0.2, -0.15) is 9.40 Å². The molecule has 2 aliphatic rings. The number of nitrogens with zero attached hydrogens (tertiary/aromatic N) is 4. The summed E-state index contributed by atoms with van der Waals surface area (Å²) in [6.45, 7) is 8.53. The first-order chi connectivity index (χ1) is 15.4. The molecule has 0 radical (unpaired) electrons. The number of amides is 1. The maximum absolute atomic E-state index is 13.2. The van der Waals surface area contributed by atoms with Gasteiger partial charge in [0.05, 0.1) is 17.7 Å². The monoisotopic (exact) mass is 474 g/mol. The van der Waals surface area contributed by atoms with Crippen LogP contribution in [-0.2, 0) is 22.5 Å². The summed E-state index contributed by atoms with van der Waals surface area (Å²) in [6.07, 6.45) is 2.40. The first-order valence-electron chi connectivity index (χ1n) is 11.4. The summed E-state index contributed by atoms with van der Waals surface area (Å²) in [4.78, 5) is 15.4. The van der Waals surface area contributed by atoms with Gasteiger partial charge in [-0.15, -0.1) is 0 Å². The molecule has 1 aromatic carbocycles. The van der Waals surface area contributed by atoms with Crippen LogP contribution in [0.4, 0.5) is 0 Å². The van der Waals surface area contributed by atoms with Crippen molar-refractivity contribution in [3.8, 4) is 5.75 Å². The SMILES string of the molecule is COc1cccc(S(=O)(=O)N2CCC3(CCN(C(=O)c4cc(C(C)(C)C)nn4C)C3)CC2)c1. The average molecular weight is 475 g/mol. The second-order valence-electron chi connectivity index (χ2n) is 10.3. The van der Waals surface area contributed by atoms with E-state index in [4.69, 9.17) is 4.74 Å². The molecule has 8 nitrogen and oxygen atoms in total. The number of carbonyl (C=O) groups excluding carboxylic acids is 1. The number of sulfonamides is 1. The number of rotatable bonds is 4.